The van der Waals surface area contributed by atoms with Crippen molar-refractivity contribution in [3.05, 3.63) is 0 Å². The third-order valence-corrected chi connectivity index (χ3v) is 12.0. The van der Waals surface area contributed by atoms with Crippen LogP contribution in [0.5, 0.6) is 0 Å². The van der Waals surface area contributed by atoms with Crippen molar-refractivity contribution < 1.29 is 27.0 Å². The Balaban J connectivity index is 2.99. The van der Waals surface area contributed by atoms with Gasteiger partial charge in [-0.25, -0.2) is 0 Å². The van der Waals surface area contributed by atoms with E-state index in [9.17, 15) is 14.0 Å². The van der Waals surface area contributed by atoms with Gasteiger partial charge in [0.1, 0.15) is 0 Å². The van der Waals surface area contributed by atoms with Crippen LogP contribution in [-0.2, 0) is 22.1 Å². The molecule has 2 atom stereocenters. The van der Waals surface area contributed by atoms with Gasteiger partial charge in [-0.3, -0.25) is 0 Å². The van der Waals surface area contributed by atoms with E-state index in [1.54, 1.807) is 0 Å². The van der Waals surface area contributed by atoms with Crippen LogP contribution in [0.2, 0.25) is 0 Å². The average molecular weight is 320 g/mol. The minimum absolute atomic E-state index is 0.156. The Kier molecular flexibility index (Phi) is 6.02. The molecule has 0 aromatic heterocycles. The first-order valence-electron chi connectivity index (χ1n) is 6.33. The van der Waals surface area contributed by atoms with Gasteiger partial charge in [0.25, 0.3) is 0 Å². The van der Waals surface area contributed by atoms with Crippen molar-refractivity contribution in [1.29, 1.82) is 0 Å². The number of hydrogen-bond acceptors (Lipinski definition) is 6. The molecule has 1 N–H and O–H groups in total. The van der Waals surface area contributed by atoms with Crippen LogP contribution in [-0.4, -0.2) is 23.4 Å². The Hall–Kier alpha value is 0.730. The number of rotatable bonds is 6. The average Bonchev–Trinajstić information content (AvgIpc) is 2.14. The van der Waals surface area contributed by atoms with Gasteiger partial charge < -0.3 is 0 Å². The molecular formula is C9H23O6P3. The Labute approximate surface area is 109 Å². The van der Waals surface area contributed by atoms with Gasteiger partial charge in [0.2, 0.25) is 0 Å². The van der Waals surface area contributed by atoms with Crippen LogP contribution in [0, 0.1) is 0 Å². The molecule has 0 bridgehead atoms. The second-order valence-corrected chi connectivity index (χ2v) is 11.8. The van der Waals surface area contributed by atoms with Crippen LogP contribution >= 0.6 is 23.1 Å². The molecule has 0 amide bonds. The molecule has 1 rings (SSSR count). The van der Waals surface area contributed by atoms with E-state index in [2.05, 4.69) is 0 Å². The van der Waals surface area contributed by atoms with Crippen LogP contribution in [0.4, 0.5) is 0 Å². The Morgan fingerprint density at radius 1 is 0.944 bits per heavy atom. The van der Waals surface area contributed by atoms with Crippen LogP contribution in [0.25, 0.3) is 0 Å². The van der Waals surface area contributed by atoms with Crippen LogP contribution in [0.1, 0.15) is 40.0 Å². The van der Waals surface area contributed by atoms with E-state index in [1.807, 2.05) is 20.8 Å². The van der Waals surface area contributed by atoms with E-state index < -0.39 is 23.1 Å². The predicted molar refractivity (Wildman–Crippen MR) is 74.5 cm³/mol. The summed E-state index contributed by atoms with van der Waals surface area (Å²) in [6, 6.07) is 0. The van der Waals surface area contributed by atoms with Crippen molar-refractivity contribution in [2.75, 3.05) is 18.5 Å². The zero-order valence-corrected chi connectivity index (χ0v) is 13.9. The Morgan fingerprint density at radius 2 is 1.39 bits per heavy atom. The van der Waals surface area contributed by atoms with Crippen molar-refractivity contribution in [3.63, 3.8) is 0 Å². The third kappa shape index (κ3) is 4.38. The second-order valence-electron chi connectivity index (χ2n) is 4.40. The molecule has 9 heteroatoms. The standard InChI is InChI=1S/C9H23O6P3/c1-4-7-16(10)13-17(11,8-5-2)15-18(12,14-16)9-6-3/h10,16H,4-9H2,1-3H3. The fourth-order valence-electron chi connectivity index (χ4n) is 1.80. The molecule has 0 aliphatic carbocycles. The molecule has 1 fully saturated rings. The first-order chi connectivity index (χ1) is 8.30. The summed E-state index contributed by atoms with van der Waals surface area (Å²) in [6.07, 6.45) is 2.31. The maximum atomic E-state index is 12.4. The summed E-state index contributed by atoms with van der Waals surface area (Å²) in [6.45, 7) is 5.50. The first-order valence-corrected chi connectivity index (χ1v) is 11.8. The van der Waals surface area contributed by atoms with Gasteiger partial charge in [-0.15, -0.1) is 0 Å². The SMILES string of the molecule is CCCP1(=O)OP(=O)(CCC)O[PH](O)(CCC)O1. The molecule has 0 spiro atoms. The molecule has 1 aliphatic heterocycles. The molecule has 0 saturated carbocycles. The van der Waals surface area contributed by atoms with Crippen LogP contribution in [0.15, 0.2) is 0 Å². The summed E-state index contributed by atoms with van der Waals surface area (Å²) >= 11 is 0. The predicted octanol–water partition coefficient (Wildman–Crippen LogP) is 4.15. The van der Waals surface area contributed by atoms with E-state index >= 15 is 0 Å². The molecule has 0 aromatic carbocycles. The van der Waals surface area contributed by atoms with Gasteiger partial charge in [-0.1, -0.05) is 0 Å². The van der Waals surface area contributed by atoms with Crippen molar-refractivity contribution >= 4 is 23.1 Å². The normalized spacial score (nSPS) is 37.3. The van der Waals surface area contributed by atoms with Crippen LogP contribution in [0.3, 0.4) is 0 Å². The molecule has 1 saturated heterocycles. The topological polar surface area (TPSA) is 82.1 Å². The van der Waals surface area contributed by atoms with E-state index in [0.29, 0.717) is 19.3 Å². The van der Waals surface area contributed by atoms with Gasteiger partial charge in [0.05, 0.1) is 0 Å². The second kappa shape index (κ2) is 6.45. The molecule has 2 unspecified atom stereocenters. The summed E-state index contributed by atoms with van der Waals surface area (Å²) in [5.74, 6) is 0. The van der Waals surface area contributed by atoms with Gasteiger partial charge in [0.15, 0.2) is 0 Å². The van der Waals surface area contributed by atoms with Gasteiger partial charge >= 0.3 is 109 Å². The Bertz CT molecular complexity index is 343. The maximum absolute atomic E-state index is 12.4. The van der Waals surface area contributed by atoms with Gasteiger partial charge in [-0.05, 0) is 0 Å². The summed E-state index contributed by atoms with van der Waals surface area (Å²) in [5.41, 5.74) is 0. The molecule has 1 heterocycles. The van der Waals surface area contributed by atoms with E-state index in [-0.39, 0.29) is 18.5 Å². The molecule has 1 aliphatic rings. The van der Waals surface area contributed by atoms with E-state index in [0.717, 1.165) is 0 Å². The summed E-state index contributed by atoms with van der Waals surface area (Å²) in [7, 11) is -10.6. The molecule has 110 valence electrons. The molecule has 18 heavy (non-hydrogen) atoms. The van der Waals surface area contributed by atoms with E-state index in [1.165, 1.54) is 0 Å². The third-order valence-electron chi connectivity index (χ3n) is 2.37. The van der Waals surface area contributed by atoms with Gasteiger partial charge in [0, 0.05) is 0 Å². The molecule has 0 radical (unpaired) electrons. The monoisotopic (exact) mass is 320 g/mol. The van der Waals surface area contributed by atoms with Gasteiger partial charge in [-0.2, -0.15) is 0 Å². The fraction of sp³-hybridized carbons (Fsp3) is 1.00. The summed E-state index contributed by atoms with van der Waals surface area (Å²) in [5, 5.41) is 0. The molecule has 0 aromatic rings. The molecule has 6 nitrogen and oxygen atoms in total. The fourth-order valence-corrected chi connectivity index (χ4v) is 11.9. The van der Waals surface area contributed by atoms with Crippen molar-refractivity contribution in [2.24, 2.45) is 0 Å². The first kappa shape index (κ1) is 16.8. The van der Waals surface area contributed by atoms with Crippen molar-refractivity contribution in [1.82, 2.24) is 0 Å². The minimum atomic E-state index is -3.63. The zero-order chi connectivity index (χ0) is 13.9. The zero-order valence-electron chi connectivity index (χ0n) is 11.1. The summed E-state index contributed by atoms with van der Waals surface area (Å²) in [4.78, 5) is 10.3. The molecular weight excluding hydrogens is 297 g/mol. The number of hydrogen-bond donors (Lipinski definition) is 1. The van der Waals surface area contributed by atoms with E-state index in [4.69, 9.17) is 12.9 Å². The van der Waals surface area contributed by atoms with Crippen molar-refractivity contribution in [2.45, 2.75) is 40.0 Å². The summed E-state index contributed by atoms with van der Waals surface area (Å²) < 4.78 is 40.3. The Morgan fingerprint density at radius 3 is 1.72 bits per heavy atom. The quantitative estimate of drug-likeness (QED) is 0.740. The van der Waals surface area contributed by atoms with Crippen LogP contribution < -0.4 is 0 Å². The van der Waals surface area contributed by atoms with Crippen molar-refractivity contribution in [3.8, 4) is 0 Å².